The third-order valence-electron chi connectivity index (χ3n) is 3.06. The summed E-state index contributed by atoms with van der Waals surface area (Å²) < 4.78 is 7.13. The monoisotopic (exact) mass is 367 g/mol. The molecular formula is C15H11Cl2N3O2S. The lowest BCUT2D eigenvalue weighted by Crippen LogP contribution is -2.05. The van der Waals surface area contributed by atoms with Crippen LogP contribution in [0.15, 0.2) is 52.5 Å². The van der Waals surface area contributed by atoms with Gasteiger partial charge in [0.25, 0.3) is 0 Å². The van der Waals surface area contributed by atoms with Gasteiger partial charge in [0.05, 0.1) is 28.6 Å². The summed E-state index contributed by atoms with van der Waals surface area (Å²) in [5.41, 5.74) is 0.518. The fourth-order valence-electron chi connectivity index (χ4n) is 1.92. The summed E-state index contributed by atoms with van der Waals surface area (Å²) in [5.74, 6) is 0.970. The summed E-state index contributed by atoms with van der Waals surface area (Å²) in [6, 6.07) is 8.53. The van der Waals surface area contributed by atoms with Crippen molar-refractivity contribution in [1.29, 1.82) is 0 Å². The van der Waals surface area contributed by atoms with Gasteiger partial charge in [0, 0.05) is 5.56 Å². The molecule has 0 bridgehead atoms. The van der Waals surface area contributed by atoms with E-state index in [2.05, 4.69) is 10.2 Å². The Hall–Kier alpha value is -1.76. The number of Topliss-reactive ketones (excluding diaryl/α,β-unsaturated/α-hetero) is 1. The van der Waals surface area contributed by atoms with E-state index in [1.54, 1.807) is 30.8 Å². The Kier molecular flexibility index (Phi) is 5.05. The smallest absolute Gasteiger partial charge is 0.191 e. The fourth-order valence-corrected chi connectivity index (χ4v) is 3.03. The van der Waals surface area contributed by atoms with E-state index < -0.39 is 0 Å². The predicted molar refractivity (Wildman–Crippen MR) is 89.3 cm³/mol. The van der Waals surface area contributed by atoms with Crippen molar-refractivity contribution in [1.82, 2.24) is 14.8 Å². The summed E-state index contributed by atoms with van der Waals surface area (Å²) in [6.07, 6.45) is 3.22. The molecule has 2 aromatic heterocycles. The molecule has 0 fully saturated rings. The Morgan fingerprint density at radius 3 is 2.87 bits per heavy atom. The van der Waals surface area contributed by atoms with Crippen LogP contribution in [-0.4, -0.2) is 26.3 Å². The van der Waals surface area contributed by atoms with Gasteiger partial charge in [-0.1, -0.05) is 35.0 Å². The van der Waals surface area contributed by atoms with Crippen molar-refractivity contribution in [2.24, 2.45) is 0 Å². The standard InChI is InChI=1S/C15H11Cl2N3O2S/c16-12-4-3-10(6-13(12)17)14(21)8-23-15-19-18-9-20(15)7-11-2-1-5-22-11/h1-6,9H,7-8H2. The van der Waals surface area contributed by atoms with E-state index in [-0.39, 0.29) is 11.5 Å². The third-order valence-corrected chi connectivity index (χ3v) is 4.78. The zero-order chi connectivity index (χ0) is 16.2. The molecule has 8 heteroatoms. The average molecular weight is 368 g/mol. The molecule has 0 amide bonds. The molecular weight excluding hydrogens is 357 g/mol. The number of carbonyl (C=O) groups is 1. The van der Waals surface area contributed by atoms with Gasteiger partial charge in [0.1, 0.15) is 12.1 Å². The molecule has 23 heavy (non-hydrogen) atoms. The Balaban J connectivity index is 1.65. The first kappa shape index (κ1) is 16.1. The second kappa shape index (κ2) is 7.21. The molecule has 1 aromatic carbocycles. The number of aromatic nitrogens is 3. The highest BCUT2D eigenvalue weighted by Crippen LogP contribution is 2.24. The number of thioether (sulfide) groups is 1. The molecule has 118 valence electrons. The summed E-state index contributed by atoms with van der Waals surface area (Å²) in [7, 11) is 0. The molecule has 2 heterocycles. The maximum atomic E-state index is 12.2. The minimum Gasteiger partial charge on any atom is -0.467 e. The third kappa shape index (κ3) is 3.96. The van der Waals surface area contributed by atoms with E-state index in [1.807, 2.05) is 16.7 Å². The minimum absolute atomic E-state index is 0.0545. The number of hydrogen-bond acceptors (Lipinski definition) is 5. The number of ketones is 1. The van der Waals surface area contributed by atoms with E-state index in [0.29, 0.717) is 27.3 Å². The van der Waals surface area contributed by atoms with Crippen LogP contribution in [0.2, 0.25) is 10.0 Å². The van der Waals surface area contributed by atoms with Gasteiger partial charge in [-0.05, 0) is 30.3 Å². The van der Waals surface area contributed by atoms with Gasteiger partial charge in [-0.15, -0.1) is 10.2 Å². The van der Waals surface area contributed by atoms with Crippen LogP contribution in [0.3, 0.4) is 0 Å². The topological polar surface area (TPSA) is 60.9 Å². The quantitative estimate of drug-likeness (QED) is 0.482. The van der Waals surface area contributed by atoms with E-state index in [4.69, 9.17) is 27.6 Å². The van der Waals surface area contributed by atoms with Crippen molar-refractivity contribution >= 4 is 40.7 Å². The van der Waals surface area contributed by atoms with Gasteiger partial charge in [0.15, 0.2) is 10.9 Å². The predicted octanol–water partition coefficient (Wildman–Crippen LogP) is 4.20. The van der Waals surface area contributed by atoms with Crippen molar-refractivity contribution < 1.29 is 9.21 Å². The first-order chi connectivity index (χ1) is 11.1. The Morgan fingerprint density at radius 1 is 1.26 bits per heavy atom. The summed E-state index contributed by atoms with van der Waals surface area (Å²) in [4.78, 5) is 12.2. The van der Waals surface area contributed by atoms with Crippen LogP contribution in [0.5, 0.6) is 0 Å². The Morgan fingerprint density at radius 2 is 2.13 bits per heavy atom. The molecule has 0 aliphatic heterocycles. The van der Waals surface area contributed by atoms with Crippen LogP contribution in [0.25, 0.3) is 0 Å². The lowest BCUT2D eigenvalue weighted by Gasteiger charge is -2.05. The number of carbonyl (C=O) groups excluding carboxylic acids is 1. The first-order valence-electron chi connectivity index (χ1n) is 6.65. The minimum atomic E-state index is -0.0545. The lowest BCUT2D eigenvalue weighted by atomic mass is 10.1. The molecule has 0 N–H and O–H groups in total. The maximum absolute atomic E-state index is 12.2. The number of benzene rings is 1. The number of halogens is 2. The van der Waals surface area contributed by atoms with E-state index in [1.165, 1.54) is 11.8 Å². The van der Waals surface area contributed by atoms with Gasteiger partial charge in [-0.3, -0.25) is 4.79 Å². The number of furan rings is 1. The normalized spacial score (nSPS) is 10.9. The van der Waals surface area contributed by atoms with E-state index in [0.717, 1.165) is 5.76 Å². The first-order valence-corrected chi connectivity index (χ1v) is 8.39. The molecule has 0 aliphatic carbocycles. The van der Waals surface area contributed by atoms with Gasteiger partial charge in [-0.25, -0.2) is 0 Å². The molecule has 5 nitrogen and oxygen atoms in total. The number of rotatable bonds is 6. The number of hydrogen-bond donors (Lipinski definition) is 0. The van der Waals surface area contributed by atoms with Crippen molar-refractivity contribution in [3.63, 3.8) is 0 Å². The molecule has 0 spiro atoms. The largest absolute Gasteiger partial charge is 0.467 e. The molecule has 0 saturated heterocycles. The van der Waals surface area contributed by atoms with E-state index in [9.17, 15) is 4.79 Å². The number of nitrogens with zero attached hydrogens (tertiary/aromatic N) is 3. The van der Waals surface area contributed by atoms with Crippen LogP contribution in [0.4, 0.5) is 0 Å². The van der Waals surface area contributed by atoms with Crippen molar-refractivity contribution in [3.05, 3.63) is 64.3 Å². The van der Waals surface area contributed by atoms with Crippen LogP contribution in [0.1, 0.15) is 16.1 Å². The van der Waals surface area contributed by atoms with Crippen molar-refractivity contribution in [3.8, 4) is 0 Å². The fraction of sp³-hybridized carbons (Fsp3) is 0.133. The van der Waals surface area contributed by atoms with E-state index >= 15 is 0 Å². The SMILES string of the molecule is O=C(CSc1nncn1Cc1ccco1)c1ccc(Cl)c(Cl)c1. The summed E-state index contributed by atoms with van der Waals surface area (Å²) in [5, 5.41) is 9.35. The highest BCUT2D eigenvalue weighted by Gasteiger charge is 2.12. The second-order valence-electron chi connectivity index (χ2n) is 4.66. The van der Waals surface area contributed by atoms with Crippen LogP contribution in [-0.2, 0) is 6.54 Å². The van der Waals surface area contributed by atoms with Gasteiger partial charge in [0.2, 0.25) is 0 Å². The van der Waals surface area contributed by atoms with Crippen molar-refractivity contribution in [2.45, 2.75) is 11.7 Å². The maximum Gasteiger partial charge on any atom is 0.191 e. The van der Waals surface area contributed by atoms with Crippen molar-refractivity contribution in [2.75, 3.05) is 5.75 Å². The highest BCUT2D eigenvalue weighted by molar-refractivity contribution is 7.99. The summed E-state index contributed by atoms with van der Waals surface area (Å²) in [6.45, 7) is 0.517. The molecule has 0 aliphatic rings. The molecule has 0 radical (unpaired) electrons. The molecule has 0 saturated carbocycles. The second-order valence-corrected chi connectivity index (χ2v) is 6.42. The molecule has 3 aromatic rings. The highest BCUT2D eigenvalue weighted by atomic mass is 35.5. The van der Waals surface area contributed by atoms with Gasteiger partial charge < -0.3 is 8.98 Å². The van der Waals surface area contributed by atoms with Crippen LogP contribution >= 0.6 is 35.0 Å². The average Bonchev–Trinajstić information content (AvgIpc) is 3.20. The van der Waals surface area contributed by atoms with Crippen LogP contribution in [0, 0.1) is 0 Å². The Labute approximate surface area is 146 Å². The summed E-state index contributed by atoms with van der Waals surface area (Å²) >= 11 is 13.1. The molecule has 0 atom stereocenters. The van der Waals surface area contributed by atoms with Gasteiger partial charge >= 0.3 is 0 Å². The lowest BCUT2D eigenvalue weighted by molar-refractivity contribution is 0.102. The molecule has 3 rings (SSSR count). The van der Waals surface area contributed by atoms with Gasteiger partial charge in [-0.2, -0.15) is 0 Å². The van der Waals surface area contributed by atoms with Crippen LogP contribution < -0.4 is 0 Å². The zero-order valence-electron chi connectivity index (χ0n) is 11.8. The zero-order valence-corrected chi connectivity index (χ0v) is 14.1. The molecule has 0 unspecified atom stereocenters. The Bertz CT molecular complexity index is 818.